The molecule has 0 atom stereocenters. The Morgan fingerprint density at radius 1 is 0.929 bits per heavy atom. The van der Waals surface area contributed by atoms with Gasteiger partial charge in [-0.25, -0.2) is 15.0 Å². The monoisotopic (exact) mass is 189 g/mol. The van der Waals surface area contributed by atoms with Gasteiger partial charge in [0.05, 0.1) is 0 Å². The van der Waals surface area contributed by atoms with Crippen LogP contribution in [0.25, 0.3) is 11.4 Å². The second-order valence-corrected chi connectivity index (χ2v) is 2.33. The first-order valence-corrected chi connectivity index (χ1v) is 4.09. The number of hydrogen-bond acceptors (Lipinski definition) is 4. The lowest BCUT2D eigenvalue weighted by Crippen LogP contribution is -1.87. The summed E-state index contributed by atoms with van der Waals surface area (Å²) in [7, 11) is 1.00. The molecule has 0 spiro atoms. The molecule has 0 saturated heterocycles. The van der Waals surface area contributed by atoms with Crippen LogP contribution in [-0.4, -0.2) is 27.2 Å². The molecule has 1 N–H and O–H groups in total. The molecule has 2 aromatic rings. The van der Waals surface area contributed by atoms with E-state index in [1.54, 1.807) is 0 Å². The van der Waals surface area contributed by atoms with Gasteiger partial charge >= 0.3 is 0 Å². The van der Waals surface area contributed by atoms with Crippen molar-refractivity contribution in [2.24, 2.45) is 0 Å². The predicted molar refractivity (Wildman–Crippen MR) is 53.4 cm³/mol. The number of nitrogens with zero attached hydrogens (tertiary/aromatic N) is 3. The predicted octanol–water partition coefficient (Wildman–Crippen LogP) is 1.15. The van der Waals surface area contributed by atoms with Crippen molar-refractivity contribution < 1.29 is 5.11 Å². The summed E-state index contributed by atoms with van der Waals surface area (Å²) in [5, 5.41) is 7.00. The Bertz CT molecular complexity index is 313. The Morgan fingerprint density at radius 3 is 2.07 bits per heavy atom. The molecule has 1 aromatic carbocycles. The molecule has 0 unspecified atom stereocenters. The number of aromatic nitrogens is 3. The molecule has 0 bridgehead atoms. The van der Waals surface area contributed by atoms with Crippen molar-refractivity contribution in [1.29, 1.82) is 0 Å². The number of aliphatic hydroxyl groups is 1. The third-order valence-corrected chi connectivity index (χ3v) is 1.53. The van der Waals surface area contributed by atoms with Crippen molar-refractivity contribution in [2.75, 3.05) is 7.11 Å². The van der Waals surface area contributed by atoms with Crippen LogP contribution in [0.5, 0.6) is 0 Å². The molecule has 4 nitrogen and oxygen atoms in total. The molecule has 0 radical (unpaired) electrons. The molecular formula is C10H11N3O. The Kier molecular flexibility index (Phi) is 4.23. The lowest BCUT2D eigenvalue weighted by atomic mass is 10.2. The van der Waals surface area contributed by atoms with Crippen LogP contribution < -0.4 is 0 Å². The number of benzene rings is 1. The van der Waals surface area contributed by atoms with E-state index in [0.717, 1.165) is 12.7 Å². The summed E-state index contributed by atoms with van der Waals surface area (Å²) < 4.78 is 0. The normalized spacial score (nSPS) is 8.71. The van der Waals surface area contributed by atoms with Gasteiger partial charge in [-0.3, -0.25) is 0 Å². The molecule has 2 rings (SSSR count). The molecule has 1 heterocycles. The van der Waals surface area contributed by atoms with Crippen LogP contribution in [0, 0.1) is 0 Å². The van der Waals surface area contributed by atoms with Crippen molar-refractivity contribution in [2.45, 2.75) is 0 Å². The Labute approximate surface area is 82.3 Å². The molecule has 4 heteroatoms. The molecule has 0 fully saturated rings. The van der Waals surface area contributed by atoms with Crippen LogP contribution in [0.2, 0.25) is 0 Å². The summed E-state index contributed by atoms with van der Waals surface area (Å²) in [6, 6.07) is 9.81. The third kappa shape index (κ3) is 2.60. The van der Waals surface area contributed by atoms with E-state index in [1.165, 1.54) is 12.7 Å². The van der Waals surface area contributed by atoms with E-state index in [4.69, 9.17) is 5.11 Å². The minimum absolute atomic E-state index is 0.714. The van der Waals surface area contributed by atoms with Gasteiger partial charge in [-0.1, -0.05) is 30.3 Å². The minimum Gasteiger partial charge on any atom is -0.400 e. The zero-order valence-corrected chi connectivity index (χ0v) is 7.83. The molecule has 1 aromatic heterocycles. The van der Waals surface area contributed by atoms with Gasteiger partial charge in [0.2, 0.25) is 0 Å². The lowest BCUT2D eigenvalue weighted by molar-refractivity contribution is 0.399. The van der Waals surface area contributed by atoms with Gasteiger partial charge < -0.3 is 5.11 Å². The van der Waals surface area contributed by atoms with Gasteiger partial charge in [0, 0.05) is 12.7 Å². The van der Waals surface area contributed by atoms with E-state index in [1.807, 2.05) is 30.3 Å². The first-order chi connectivity index (χ1) is 6.97. The van der Waals surface area contributed by atoms with E-state index in [2.05, 4.69) is 15.0 Å². The molecule has 0 aliphatic carbocycles. The van der Waals surface area contributed by atoms with Crippen molar-refractivity contribution in [3.05, 3.63) is 43.0 Å². The van der Waals surface area contributed by atoms with Crippen LogP contribution in [0.4, 0.5) is 0 Å². The zero-order chi connectivity index (χ0) is 10.2. The Hall–Kier alpha value is -1.81. The number of hydrogen-bond donors (Lipinski definition) is 1. The first kappa shape index (κ1) is 10.3. The quantitative estimate of drug-likeness (QED) is 0.731. The van der Waals surface area contributed by atoms with Crippen molar-refractivity contribution in [3.8, 4) is 11.4 Å². The highest BCUT2D eigenvalue weighted by molar-refractivity contribution is 5.53. The highest BCUT2D eigenvalue weighted by Crippen LogP contribution is 2.10. The van der Waals surface area contributed by atoms with Gasteiger partial charge in [-0.2, -0.15) is 0 Å². The van der Waals surface area contributed by atoms with Crippen LogP contribution in [0.15, 0.2) is 43.0 Å². The van der Waals surface area contributed by atoms with Crippen LogP contribution in [-0.2, 0) is 0 Å². The summed E-state index contributed by atoms with van der Waals surface area (Å²) >= 11 is 0. The average Bonchev–Trinajstić information content (AvgIpc) is 2.34. The first-order valence-electron chi connectivity index (χ1n) is 4.09. The second kappa shape index (κ2) is 5.77. The van der Waals surface area contributed by atoms with Crippen molar-refractivity contribution in [1.82, 2.24) is 15.0 Å². The summed E-state index contributed by atoms with van der Waals surface area (Å²) in [5.41, 5.74) is 1.01. The maximum Gasteiger partial charge on any atom is 0.162 e. The van der Waals surface area contributed by atoms with Gasteiger partial charge in [0.15, 0.2) is 5.82 Å². The van der Waals surface area contributed by atoms with Crippen LogP contribution >= 0.6 is 0 Å². The van der Waals surface area contributed by atoms with Crippen molar-refractivity contribution >= 4 is 0 Å². The Balaban J connectivity index is 0.000000461. The van der Waals surface area contributed by atoms with Crippen molar-refractivity contribution in [3.63, 3.8) is 0 Å². The standard InChI is InChI=1S/C9H7N3.CH4O/c1-2-4-8(5-3-1)9-11-6-10-7-12-9;1-2/h1-7H;2H,1H3. The molecule has 0 saturated carbocycles. The number of rotatable bonds is 1. The highest BCUT2D eigenvalue weighted by atomic mass is 16.2. The summed E-state index contributed by atoms with van der Waals surface area (Å²) in [5.74, 6) is 0.714. The van der Waals surface area contributed by atoms with Gasteiger partial charge in [-0.15, -0.1) is 0 Å². The molecule has 14 heavy (non-hydrogen) atoms. The fourth-order valence-corrected chi connectivity index (χ4v) is 0.975. The molecular weight excluding hydrogens is 178 g/mol. The van der Waals surface area contributed by atoms with E-state index in [9.17, 15) is 0 Å². The molecule has 72 valence electrons. The van der Waals surface area contributed by atoms with E-state index in [0.29, 0.717) is 5.82 Å². The highest BCUT2D eigenvalue weighted by Gasteiger charge is 1.95. The maximum atomic E-state index is 7.00. The summed E-state index contributed by atoms with van der Waals surface area (Å²) in [6.45, 7) is 0. The fraction of sp³-hybridized carbons (Fsp3) is 0.100. The summed E-state index contributed by atoms with van der Waals surface area (Å²) in [6.07, 6.45) is 2.99. The zero-order valence-electron chi connectivity index (χ0n) is 7.83. The number of aliphatic hydroxyl groups excluding tert-OH is 1. The fourth-order valence-electron chi connectivity index (χ4n) is 0.975. The summed E-state index contributed by atoms with van der Waals surface area (Å²) in [4.78, 5) is 11.8. The maximum absolute atomic E-state index is 7.00. The van der Waals surface area contributed by atoms with Crippen LogP contribution in [0.1, 0.15) is 0 Å². The molecule has 0 amide bonds. The smallest absolute Gasteiger partial charge is 0.162 e. The van der Waals surface area contributed by atoms with E-state index in [-0.39, 0.29) is 0 Å². The third-order valence-electron chi connectivity index (χ3n) is 1.53. The van der Waals surface area contributed by atoms with Gasteiger partial charge in [0.25, 0.3) is 0 Å². The van der Waals surface area contributed by atoms with E-state index < -0.39 is 0 Å². The SMILES string of the molecule is CO.c1ccc(-c2ncncn2)cc1. The lowest BCUT2D eigenvalue weighted by Gasteiger charge is -1.95. The molecule has 0 aliphatic rings. The van der Waals surface area contributed by atoms with Gasteiger partial charge in [-0.05, 0) is 0 Å². The minimum atomic E-state index is 0.714. The van der Waals surface area contributed by atoms with Crippen LogP contribution in [0.3, 0.4) is 0 Å². The largest absolute Gasteiger partial charge is 0.400 e. The second-order valence-electron chi connectivity index (χ2n) is 2.33. The molecule has 0 aliphatic heterocycles. The van der Waals surface area contributed by atoms with Gasteiger partial charge in [0.1, 0.15) is 12.7 Å². The topological polar surface area (TPSA) is 58.9 Å². The average molecular weight is 189 g/mol. The van der Waals surface area contributed by atoms with E-state index >= 15 is 0 Å². The Morgan fingerprint density at radius 2 is 1.50 bits per heavy atom.